The molecule has 0 saturated carbocycles. The molecule has 0 N–H and O–H groups in total. The van der Waals surface area contributed by atoms with E-state index in [1.54, 1.807) is 6.20 Å². The largest absolute Gasteiger partial charge is 0.431 e. The fourth-order valence-corrected chi connectivity index (χ4v) is 3.22. The topological polar surface area (TPSA) is 72.4 Å². The second kappa shape index (κ2) is 5.49. The van der Waals surface area contributed by atoms with Crippen molar-refractivity contribution >= 4 is 28.8 Å². The normalized spacial score (nSPS) is 14.3. The Morgan fingerprint density at radius 1 is 1.36 bits per heavy atom. The number of fused-ring (bicyclic) bond motifs is 2. The van der Waals surface area contributed by atoms with E-state index in [2.05, 4.69) is 10.1 Å². The van der Waals surface area contributed by atoms with E-state index in [0.717, 1.165) is 22.4 Å². The van der Waals surface area contributed by atoms with E-state index in [1.165, 1.54) is 11.8 Å². The minimum absolute atomic E-state index is 0.0686. The first-order chi connectivity index (χ1) is 10.8. The summed E-state index contributed by atoms with van der Waals surface area (Å²) in [7, 11) is 0. The maximum Gasteiger partial charge on any atom is 0.257 e. The van der Waals surface area contributed by atoms with E-state index in [0.29, 0.717) is 30.5 Å². The van der Waals surface area contributed by atoms with Gasteiger partial charge in [-0.05, 0) is 12.1 Å². The van der Waals surface area contributed by atoms with Crippen LogP contribution in [0.15, 0.2) is 44.6 Å². The van der Waals surface area contributed by atoms with E-state index >= 15 is 0 Å². The van der Waals surface area contributed by atoms with Gasteiger partial charge in [0.25, 0.3) is 5.22 Å². The van der Waals surface area contributed by atoms with Crippen LogP contribution < -0.4 is 0 Å². The molecular formula is C15H13N3O3S. The molecule has 22 heavy (non-hydrogen) atoms. The summed E-state index contributed by atoms with van der Waals surface area (Å²) in [6.45, 7) is 1.22. The molecule has 0 aliphatic carbocycles. The van der Waals surface area contributed by atoms with Crippen LogP contribution >= 0.6 is 11.8 Å². The molecule has 0 fully saturated rings. The van der Waals surface area contributed by atoms with Crippen molar-refractivity contribution in [3.63, 3.8) is 0 Å². The second-order valence-electron chi connectivity index (χ2n) is 5.08. The third-order valence-electron chi connectivity index (χ3n) is 3.65. The van der Waals surface area contributed by atoms with Gasteiger partial charge in [-0.3, -0.25) is 4.79 Å². The molecule has 112 valence electrons. The highest BCUT2D eigenvalue weighted by atomic mass is 32.2. The van der Waals surface area contributed by atoms with Crippen LogP contribution in [0, 0.1) is 0 Å². The van der Waals surface area contributed by atoms with E-state index in [9.17, 15) is 4.79 Å². The van der Waals surface area contributed by atoms with Gasteiger partial charge >= 0.3 is 0 Å². The van der Waals surface area contributed by atoms with Crippen molar-refractivity contribution in [1.29, 1.82) is 0 Å². The van der Waals surface area contributed by atoms with Gasteiger partial charge in [0.15, 0.2) is 5.58 Å². The average molecular weight is 315 g/mol. The number of oxazole rings is 1. The number of hydrogen-bond donors (Lipinski definition) is 0. The highest BCUT2D eigenvalue weighted by Crippen LogP contribution is 2.24. The minimum atomic E-state index is 0.0686. The fraction of sp³-hybridized carbons (Fsp3) is 0.267. The summed E-state index contributed by atoms with van der Waals surface area (Å²) in [5, 5.41) is 4.30. The lowest BCUT2D eigenvalue weighted by atomic mass is 10.1. The minimum Gasteiger partial charge on any atom is -0.431 e. The SMILES string of the molecule is O=C(CSc1nc2ccccc2o1)N1CCc2oncc2C1. The zero-order chi connectivity index (χ0) is 14.9. The number of para-hydroxylation sites is 2. The van der Waals surface area contributed by atoms with Gasteiger partial charge in [0, 0.05) is 18.5 Å². The van der Waals surface area contributed by atoms with Crippen LogP contribution in [0.3, 0.4) is 0 Å². The van der Waals surface area contributed by atoms with Gasteiger partial charge in [-0.2, -0.15) is 0 Å². The van der Waals surface area contributed by atoms with Gasteiger partial charge in [0.2, 0.25) is 5.91 Å². The van der Waals surface area contributed by atoms with E-state index < -0.39 is 0 Å². The van der Waals surface area contributed by atoms with Crippen molar-refractivity contribution in [3.05, 3.63) is 41.8 Å². The van der Waals surface area contributed by atoms with Crippen molar-refractivity contribution in [2.45, 2.75) is 18.2 Å². The van der Waals surface area contributed by atoms with Crippen molar-refractivity contribution in [3.8, 4) is 0 Å². The molecular weight excluding hydrogens is 302 g/mol. The van der Waals surface area contributed by atoms with Crippen molar-refractivity contribution < 1.29 is 13.7 Å². The first-order valence-electron chi connectivity index (χ1n) is 6.98. The van der Waals surface area contributed by atoms with Crippen LogP contribution in [-0.2, 0) is 17.8 Å². The molecule has 0 atom stereocenters. The highest BCUT2D eigenvalue weighted by Gasteiger charge is 2.23. The molecule has 4 rings (SSSR count). The third-order valence-corrected chi connectivity index (χ3v) is 4.46. The van der Waals surface area contributed by atoms with Crippen LogP contribution in [0.25, 0.3) is 11.1 Å². The molecule has 0 spiro atoms. The Hall–Kier alpha value is -2.28. The molecule has 0 saturated heterocycles. The van der Waals surface area contributed by atoms with Crippen LogP contribution in [0.1, 0.15) is 11.3 Å². The molecule has 1 amide bonds. The molecule has 3 aromatic rings. The molecule has 0 radical (unpaired) electrons. The molecule has 7 heteroatoms. The number of rotatable bonds is 3. The number of aromatic nitrogens is 2. The number of thioether (sulfide) groups is 1. The molecule has 6 nitrogen and oxygen atoms in total. The van der Waals surface area contributed by atoms with E-state index in [1.807, 2.05) is 29.2 Å². The zero-order valence-electron chi connectivity index (χ0n) is 11.7. The Labute approximate surface area is 130 Å². The smallest absolute Gasteiger partial charge is 0.257 e. The lowest BCUT2D eigenvalue weighted by molar-refractivity contribution is -0.129. The van der Waals surface area contributed by atoms with Crippen molar-refractivity contribution in [2.24, 2.45) is 0 Å². The lowest BCUT2D eigenvalue weighted by Crippen LogP contribution is -2.36. The zero-order valence-corrected chi connectivity index (χ0v) is 12.5. The average Bonchev–Trinajstić information content (AvgIpc) is 3.17. The summed E-state index contributed by atoms with van der Waals surface area (Å²) in [4.78, 5) is 18.5. The summed E-state index contributed by atoms with van der Waals surface area (Å²) >= 11 is 1.32. The monoisotopic (exact) mass is 315 g/mol. The molecule has 1 aliphatic heterocycles. The quantitative estimate of drug-likeness (QED) is 0.691. The number of amides is 1. The molecule has 3 heterocycles. The predicted octanol–water partition coefficient (Wildman–Crippen LogP) is 2.49. The molecule has 1 aromatic carbocycles. The van der Waals surface area contributed by atoms with Gasteiger partial charge in [-0.15, -0.1) is 0 Å². The van der Waals surface area contributed by atoms with Gasteiger partial charge in [0.1, 0.15) is 11.3 Å². The van der Waals surface area contributed by atoms with Gasteiger partial charge < -0.3 is 13.8 Å². The standard InChI is InChI=1S/C15H13N3O3S/c19-14(18-6-5-12-10(8-18)7-16-21-12)9-22-15-17-11-3-1-2-4-13(11)20-15/h1-4,7H,5-6,8-9H2. The molecule has 0 bridgehead atoms. The van der Waals surface area contributed by atoms with Crippen molar-refractivity contribution in [2.75, 3.05) is 12.3 Å². The Morgan fingerprint density at radius 2 is 2.27 bits per heavy atom. The predicted molar refractivity (Wildman–Crippen MR) is 80.4 cm³/mol. The Kier molecular flexibility index (Phi) is 3.34. The number of carbonyl (C=O) groups excluding carboxylic acids is 1. The third kappa shape index (κ3) is 2.48. The fourth-order valence-electron chi connectivity index (χ4n) is 2.48. The van der Waals surface area contributed by atoms with Crippen molar-refractivity contribution in [1.82, 2.24) is 15.0 Å². The number of benzene rings is 1. The Balaban J connectivity index is 1.40. The number of hydrogen-bond acceptors (Lipinski definition) is 6. The highest BCUT2D eigenvalue weighted by molar-refractivity contribution is 7.99. The lowest BCUT2D eigenvalue weighted by Gasteiger charge is -2.25. The van der Waals surface area contributed by atoms with E-state index in [-0.39, 0.29) is 5.91 Å². The van der Waals surface area contributed by atoms with E-state index in [4.69, 9.17) is 8.94 Å². The van der Waals surface area contributed by atoms with Crippen LogP contribution in [0.4, 0.5) is 0 Å². The Morgan fingerprint density at radius 3 is 3.18 bits per heavy atom. The van der Waals surface area contributed by atoms with Gasteiger partial charge in [-0.1, -0.05) is 29.1 Å². The maximum atomic E-state index is 12.3. The first kappa shape index (κ1) is 13.4. The summed E-state index contributed by atoms with van der Waals surface area (Å²) in [5.41, 5.74) is 2.54. The summed E-state index contributed by atoms with van der Waals surface area (Å²) in [6.07, 6.45) is 2.40. The van der Waals surface area contributed by atoms with Crippen LogP contribution in [0.5, 0.6) is 0 Å². The van der Waals surface area contributed by atoms with Crippen LogP contribution in [-0.4, -0.2) is 33.2 Å². The van der Waals surface area contributed by atoms with Gasteiger partial charge in [0.05, 0.1) is 18.5 Å². The molecule has 2 aromatic heterocycles. The van der Waals surface area contributed by atoms with Gasteiger partial charge in [-0.25, -0.2) is 4.98 Å². The molecule has 0 unspecified atom stereocenters. The second-order valence-corrected chi connectivity index (χ2v) is 6.00. The summed E-state index contributed by atoms with van der Waals surface area (Å²) in [6, 6.07) is 7.57. The summed E-state index contributed by atoms with van der Waals surface area (Å²) in [5.74, 6) is 1.27. The van der Waals surface area contributed by atoms with Crippen LogP contribution in [0.2, 0.25) is 0 Å². The molecule has 1 aliphatic rings. The summed E-state index contributed by atoms with van der Waals surface area (Å²) < 4.78 is 10.7. The first-order valence-corrected chi connectivity index (χ1v) is 7.97. The maximum absolute atomic E-state index is 12.3. The number of carbonyl (C=O) groups is 1. The Bertz CT molecular complexity index is 793. The number of nitrogens with zero attached hydrogens (tertiary/aromatic N) is 3.